The van der Waals surface area contributed by atoms with Gasteiger partial charge in [0.25, 0.3) is 0 Å². The summed E-state index contributed by atoms with van der Waals surface area (Å²) in [6.07, 6.45) is 1.88. The summed E-state index contributed by atoms with van der Waals surface area (Å²) in [6, 6.07) is 0. The molecule has 0 fully saturated rings. The van der Waals surface area contributed by atoms with E-state index in [1.165, 1.54) is 11.8 Å². The number of thioether (sulfide) groups is 1. The van der Waals surface area contributed by atoms with Crippen molar-refractivity contribution < 1.29 is 4.52 Å². The zero-order valence-electron chi connectivity index (χ0n) is 5.00. The fourth-order valence-corrected chi connectivity index (χ4v) is 0.710. The van der Waals surface area contributed by atoms with E-state index < -0.39 is 0 Å². The van der Waals surface area contributed by atoms with E-state index in [0.29, 0.717) is 17.6 Å². The monoisotopic (exact) mass is 145 g/mol. The lowest BCUT2D eigenvalue weighted by Crippen LogP contribution is -1.95. The number of rotatable bonds is 2. The van der Waals surface area contributed by atoms with E-state index in [0.717, 1.165) is 0 Å². The van der Waals surface area contributed by atoms with Crippen molar-refractivity contribution in [3.8, 4) is 0 Å². The molecule has 4 nitrogen and oxygen atoms in total. The molecule has 0 aliphatic rings. The van der Waals surface area contributed by atoms with Crippen molar-refractivity contribution in [1.29, 1.82) is 0 Å². The highest BCUT2D eigenvalue weighted by Gasteiger charge is 2.00. The number of hydrogen-bond donors (Lipinski definition) is 1. The van der Waals surface area contributed by atoms with Gasteiger partial charge in [0.1, 0.15) is 0 Å². The molecule has 5 heteroatoms. The van der Waals surface area contributed by atoms with Crippen LogP contribution in [0.4, 0.5) is 0 Å². The van der Waals surface area contributed by atoms with Gasteiger partial charge in [-0.3, -0.25) is 0 Å². The van der Waals surface area contributed by atoms with Crippen molar-refractivity contribution in [3.63, 3.8) is 0 Å². The maximum atomic E-state index is 5.21. The molecular formula is C4H7N3OS. The summed E-state index contributed by atoms with van der Waals surface area (Å²) in [5.74, 6) is 0.486. The van der Waals surface area contributed by atoms with E-state index in [-0.39, 0.29) is 0 Å². The Balaban J connectivity index is 2.74. The summed E-state index contributed by atoms with van der Waals surface area (Å²) < 4.78 is 4.70. The first-order valence-corrected chi connectivity index (χ1v) is 3.66. The maximum Gasteiger partial charge on any atom is 0.241 e. The third kappa shape index (κ3) is 1.43. The van der Waals surface area contributed by atoms with Crippen LogP contribution >= 0.6 is 11.8 Å². The minimum atomic E-state index is 0.313. The lowest BCUT2D eigenvalue weighted by Gasteiger charge is -1.77. The molecule has 1 rings (SSSR count). The molecule has 0 amide bonds. The molecule has 50 valence electrons. The Kier molecular flexibility index (Phi) is 2.07. The molecule has 0 atom stereocenters. The van der Waals surface area contributed by atoms with Crippen LogP contribution in [-0.2, 0) is 6.54 Å². The van der Waals surface area contributed by atoms with E-state index >= 15 is 0 Å². The van der Waals surface area contributed by atoms with Gasteiger partial charge in [0.15, 0.2) is 0 Å². The summed E-state index contributed by atoms with van der Waals surface area (Å²) in [5, 5.41) is 4.24. The van der Waals surface area contributed by atoms with Crippen LogP contribution in [0.2, 0.25) is 0 Å². The Morgan fingerprint density at radius 3 is 2.89 bits per heavy atom. The average Bonchev–Trinajstić information content (AvgIpc) is 2.34. The van der Waals surface area contributed by atoms with E-state index in [1.54, 1.807) is 0 Å². The van der Waals surface area contributed by atoms with Gasteiger partial charge in [-0.1, -0.05) is 16.9 Å². The quantitative estimate of drug-likeness (QED) is 0.604. The Bertz CT molecular complexity index is 169. The van der Waals surface area contributed by atoms with Crippen molar-refractivity contribution >= 4 is 11.8 Å². The van der Waals surface area contributed by atoms with E-state index in [1.807, 2.05) is 6.26 Å². The van der Waals surface area contributed by atoms with Gasteiger partial charge in [-0.05, 0) is 6.26 Å². The van der Waals surface area contributed by atoms with Gasteiger partial charge in [0.2, 0.25) is 11.0 Å². The molecule has 0 bridgehead atoms. The average molecular weight is 145 g/mol. The second-order valence-corrected chi connectivity index (χ2v) is 2.15. The largest absolute Gasteiger partial charge is 0.337 e. The molecule has 1 aromatic heterocycles. The summed E-state index contributed by atoms with van der Waals surface area (Å²) in [5.41, 5.74) is 5.21. The van der Waals surface area contributed by atoms with Crippen molar-refractivity contribution in [2.75, 3.05) is 6.26 Å². The Labute approximate surface area is 56.8 Å². The van der Waals surface area contributed by atoms with Crippen LogP contribution in [0.15, 0.2) is 9.68 Å². The topological polar surface area (TPSA) is 64.9 Å². The SMILES string of the molecule is CSc1noc(CN)n1. The third-order valence-electron chi connectivity index (χ3n) is 0.807. The first kappa shape index (κ1) is 6.57. The van der Waals surface area contributed by atoms with Gasteiger partial charge in [0.05, 0.1) is 6.54 Å². The summed E-state index contributed by atoms with van der Waals surface area (Å²) in [7, 11) is 0. The molecule has 1 aromatic rings. The molecule has 0 unspecified atom stereocenters. The number of nitrogens with zero attached hydrogens (tertiary/aromatic N) is 2. The smallest absolute Gasteiger partial charge is 0.241 e. The lowest BCUT2D eigenvalue weighted by atomic mass is 10.7. The van der Waals surface area contributed by atoms with Gasteiger partial charge >= 0.3 is 0 Å². The van der Waals surface area contributed by atoms with Crippen LogP contribution in [0, 0.1) is 0 Å². The molecular weight excluding hydrogens is 138 g/mol. The minimum Gasteiger partial charge on any atom is -0.337 e. The summed E-state index contributed by atoms with van der Waals surface area (Å²) in [4.78, 5) is 3.91. The molecule has 9 heavy (non-hydrogen) atoms. The second kappa shape index (κ2) is 2.84. The molecule has 0 radical (unpaired) electrons. The van der Waals surface area contributed by atoms with Crippen LogP contribution in [-0.4, -0.2) is 16.4 Å². The predicted octanol–water partition coefficient (Wildman–Crippen LogP) is 0.250. The Morgan fingerprint density at radius 1 is 1.78 bits per heavy atom. The fraction of sp³-hybridized carbons (Fsp3) is 0.500. The van der Waals surface area contributed by atoms with Crippen LogP contribution in [0.3, 0.4) is 0 Å². The molecule has 0 aliphatic heterocycles. The minimum absolute atomic E-state index is 0.313. The maximum absolute atomic E-state index is 5.21. The standard InChI is InChI=1S/C4H7N3OS/c1-9-4-6-3(2-5)8-7-4/h2,5H2,1H3. The Hall–Kier alpha value is -0.550. The van der Waals surface area contributed by atoms with Crippen LogP contribution in [0.1, 0.15) is 5.89 Å². The van der Waals surface area contributed by atoms with Crippen LogP contribution < -0.4 is 5.73 Å². The van der Waals surface area contributed by atoms with E-state index in [4.69, 9.17) is 10.3 Å². The molecule has 1 heterocycles. The van der Waals surface area contributed by atoms with Crippen molar-refractivity contribution in [2.45, 2.75) is 11.7 Å². The molecule has 0 aromatic carbocycles. The third-order valence-corrected chi connectivity index (χ3v) is 1.34. The summed E-state index contributed by atoms with van der Waals surface area (Å²) >= 11 is 1.43. The molecule has 0 spiro atoms. The van der Waals surface area contributed by atoms with Crippen LogP contribution in [0.25, 0.3) is 0 Å². The van der Waals surface area contributed by atoms with Crippen LogP contribution in [0.5, 0.6) is 0 Å². The zero-order chi connectivity index (χ0) is 6.69. The molecule has 2 N–H and O–H groups in total. The van der Waals surface area contributed by atoms with Crippen molar-refractivity contribution in [1.82, 2.24) is 10.1 Å². The van der Waals surface area contributed by atoms with Gasteiger partial charge in [0, 0.05) is 0 Å². The van der Waals surface area contributed by atoms with E-state index in [2.05, 4.69) is 10.1 Å². The Morgan fingerprint density at radius 2 is 2.56 bits per heavy atom. The highest BCUT2D eigenvalue weighted by atomic mass is 32.2. The second-order valence-electron chi connectivity index (χ2n) is 1.38. The number of hydrogen-bond acceptors (Lipinski definition) is 5. The first-order chi connectivity index (χ1) is 4.36. The first-order valence-electron chi connectivity index (χ1n) is 2.43. The predicted molar refractivity (Wildman–Crippen MR) is 34.0 cm³/mol. The zero-order valence-corrected chi connectivity index (χ0v) is 5.81. The highest BCUT2D eigenvalue weighted by Crippen LogP contribution is 2.07. The fourth-order valence-electron chi connectivity index (χ4n) is 0.405. The van der Waals surface area contributed by atoms with E-state index in [9.17, 15) is 0 Å². The summed E-state index contributed by atoms with van der Waals surface area (Å²) in [6.45, 7) is 0.313. The molecule has 0 saturated carbocycles. The normalized spacial score (nSPS) is 10.0. The van der Waals surface area contributed by atoms with Gasteiger partial charge in [-0.2, -0.15) is 4.98 Å². The molecule has 0 saturated heterocycles. The van der Waals surface area contributed by atoms with Gasteiger partial charge in [-0.25, -0.2) is 0 Å². The van der Waals surface area contributed by atoms with Gasteiger partial charge in [-0.15, -0.1) is 0 Å². The van der Waals surface area contributed by atoms with Crippen molar-refractivity contribution in [2.24, 2.45) is 5.73 Å². The van der Waals surface area contributed by atoms with Crippen molar-refractivity contribution in [3.05, 3.63) is 5.89 Å². The molecule has 0 aliphatic carbocycles. The van der Waals surface area contributed by atoms with Gasteiger partial charge < -0.3 is 10.3 Å². The number of nitrogens with two attached hydrogens (primary N) is 1. The highest BCUT2D eigenvalue weighted by molar-refractivity contribution is 7.98. The number of aromatic nitrogens is 2. The lowest BCUT2D eigenvalue weighted by molar-refractivity contribution is 0.369.